The monoisotopic (exact) mass is 275 g/mol. The Labute approximate surface area is 122 Å². The molecule has 0 saturated heterocycles. The van der Waals surface area contributed by atoms with Crippen LogP contribution in [-0.4, -0.2) is 30.4 Å². The van der Waals surface area contributed by atoms with Crippen molar-refractivity contribution >= 4 is 11.4 Å². The third-order valence-corrected chi connectivity index (χ3v) is 2.91. The van der Waals surface area contributed by atoms with Gasteiger partial charge in [-0.1, -0.05) is 13.2 Å². The minimum atomic E-state index is 0.346. The van der Waals surface area contributed by atoms with Crippen LogP contribution < -0.4 is 10.7 Å². The summed E-state index contributed by atoms with van der Waals surface area (Å²) in [6.07, 6.45) is 4.85. The lowest BCUT2D eigenvalue weighted by Gasteiger charge is -2.23. The number of nitrogens with zero attached hydrogens (tertiary/aromatic N) is 2. The predicted octanol–water partition coefficient (Wildman–Crippen LogP) is 2.59. The maximum absolute atomic E-state index is 7.42. The summed E-state index contributed by atoms with van der Waals surface area (Å²) in [7, 11) is 3.80. The molecular formula is C15H25N5. The second-order valence-electron chi connectivity index (χ2n) is 4.32. The average Bonchev–Trinajstić information content (AvgIpc) is 2.47. The van der Waals surface area contributed by atoms with Crippen LogP contribution in [0.2, 0.25) is 0 Å². The van der Waals surface area contributed by atoms with Crippen molar-refractivity contribution in [2.45, 2.75) is 20.8 Å². The molecule has 0 heterocycles. The van der Waals surface area contributed by atoms with Crippen molar-refractivity contribution in [3.8, 4) is 0 Å². The summed E-state index contributed by atoms with van der Waals surface area (Å²) >= 11 is 0. The molecular weight excluding hydrogens is 250 g/mol. The van der Waals surface area contributed by atoms with Gasteiger partial charge in [0.2, 0.25) is 0 Å². The van der Waals surface area contributed by atoms with Crippen LogP contribution in [0.5, 0.6) is 0 Å². The van der Waals surface area contributed by atoms with Crippen LogP contribution in [0.1, 0.15) is 20.8 Å². The molecule has 110 valence electrons. The van der Waals surface area contributed by atoms with Crippen molar-refractivity contribution in [3.05, 3.63) is 48.6 Å². The van der Waals surface area contributed by atoms with Crippen LogP contribution in [0.25, 0.3) is 0 Å². The van der Waals surface area contributed by atoms with Gasteiger partial charge in [0.15, 0.2) is 0 Å². The Kier molecular flexibility index (Phi) is 7.74. The van der Waals surface area contributed by atoms with E-state index in [1.165, 1.54) is 6.08 Å². The highest BCUT2D eigenvalue weighted by atomic mass is 15.4. The van der Waals surface area contributed by atoms with Crippen molar-refractivity contribution in [2.24, 2.45) is 5.10 Å². The fraction of sp³-hybridized carbons (Fsp3) is 0.333. The molecule has 0 fully saturated rings. The van der Waals surface area contributed by atoms with Crippen LogP contribution in [0.3, 0.4) is 0 Å². The van der Waals surface area contributed by atoms with Gasteiger partial charge in [0.1, 0.15) is 5.82 Å². The second kappa shape index (κ2) is 8.74. The van der Waals surface area contributed by atoms with E-state index in [4.69, 9.17) is 5.41 Å². The minimum absolute atomic E-state index is 0.346. The lowest BCUT2D eigenvalue weighted by molar-refractivity contribution is 0.467. The van der Waals surface area contributed by atoms with Crippen molar-refractivity contribution in [2.75, 3.05) is 14.1 Å². The Hall–Kier alpha value is -2.30. The van der Waals surface area contributed by atoms with Crippen LogP contribution >= 0.6 is 0 Å². The highest BCUT2D eigenvalue weighted by Gasteiger charge is 2.05. The van der Waals surface area contributed by atoms with Crippen molar-refractivity contribution in [1.29, 1.82) is 5.41 Å². The third-order valence-electron chi connectivity index (χ3n) is 2.91. The van der Waals surface area contributed by atoms with E-state index in [0.717, 1.165) is 17.1 Å². The predicted molar refractivity (Wildman–Crippen MR) is 87.6 cm³/mol. The average molecular weight is 275 g/mol. The Morgan fingerprint density at radius 3 is 2.35 bits per heavy atom. The van der Waals surface area contributed by atoms with Gasteiger partial charge in [-0.05, 0) is 39.0 Å². The third kappa shape index (κ3) is 6.04. The van der Waals surface area contributed by atoms with Gasteiger partial charge >= 0.3 is 0 Å². The quantitative estimate of drug-likeness (QED) is 0.471. The Morgan fingerprint density at radius 2 is 1.85 bits per heavy atom. The number of hydrogen-bond donors (Lipinski definition) is 3. The van der Waals surface area contributed by atoms with Gasteiger partial charge in [-0.3, -0.25) is 5.43 Å². The van der Waals surface area contributed by atoms with E-state index in [1.807, 2.05) is 39.8 Å². The smallest absolute Gasteiger partial charge is 0.119 e. The van der Waals surface area contributed by atoms with Crippen molar-refractivity contribution in [1.82, 2.24) is 15.6 Å². The molecule has 0 spiro atoms. The van der Waals surface area contributed by atoms with Crippen LogP contribution in [0.4, 0.5) is 0 Å². The van der Waals surface area contributed by atoms with Crippen LogP contribution in [0.15, 0.2) is 53.7 Å². The summed E-state index contributed by atoms with van der Waals surface area (Å²) in [6, 6.07) is 0. The summed E-state index contributed by atoms with van der Waals surface area (Å²) in [5.41, 5.74) is 6.11. The van der Waals surface area contributed by atoms with Gasteiger partial charge in [-0.15, -0.1) is 0 Å². The first-order valence-electron chi connectivity index (χ1n) is 6.30. The normalized spacial score (nSPS) is 12.8. The number of hydrogen-bond acceptors (Lipinski definition) is 5. The molecule has 3 N–H and O–H groups in total. The Bertz CT molecular complexity index is 469. The van der Waals surface area contributed by atoms with Crippen molar-refractivity contribution in [3.63, 3.8) is 0 Å². The highest BCUT2D eigenvalue weighted by molar-refractivity contribution is 6.06. The van der Waals surface area contributed by atoms with E-state index in [-0.39, 0.29) is 0 Å². The topological polar surface area (TPSA) is 63.5 Å². The first-order chi connectivity index (χ1) is 9.33. The van der Waals surface area contributed by atoms with E-state index in [2.05, 4.69) is 29.0 Å². The van der Waals surface area contributed by atoms with Gasteiger partial charge < -0.3 is 15.6 Å². The standard InChI is InChI=1S/C15H25N5/c1-8-15(16)10-9-11(2)18-19-14(5)20(7)13(4)12(3)17-6/h8-10,16-17,19H,1,5H2,2-4,6-7H3/b10-9?,13-12-,16-15?,18-11?. The highest BCUT2D eigenvalue weighted by Crippen LogP contribution is 2.09. The largest absolute Gasteiger partial charge is 0.390 e. The zero-order valence-corrected chi connectivity index (χ0v) is 13.0. The molecule has 0 atom stereocenters. The molecule has 5 heteroatoms. The second-order valence-corrected chi connectivity index (χ2v) is 4.32. The molecule has 0 aromatic heterocycles. The fourth-order valence-corrected chi connectivity index (χ4v) is 1.18. The van der Waals surface area contributed by atoms with Crippen LogP contribution in [0, 0.1) is 5.41 Å². The maximum atomic E-state index is 7.42. The zero-order valence-electron chi connectivity index (χ0n) is 13.0. The number of rotatable bonds is 8. The molecule has 0 unspecified atom stereocenters. The molecule has 0 aliphatic rings. The number of allylic oxidation sites excluding steroid dienone is 5. The molecule has 5 nitrogen and oxygen atoms in total. The summed E-state index contributed by atoms with van der Waals surface area (Å²) in [5.74, 6) is 0.670. The first-order valence-corrected chi connectivity index (χ1v) is 6.30. The van der Waals surface area contributed by atoms with E-state index in [0.29, 0.717) is 11.5 Å². The molecule has 0 aromatic rings. The van der Waals surface area contributed by atoms with Gasteiger partial charge in [0.05, 0.1) is 11.4 Å². The Morgan fingerprint density at radius 1 is 1.25 bits per heavy atom. The van der Waals surface area contributed by atoms with Gasteiger partial charge in [-0.2, -0.15) is 5.10 Å². The molecule has 0 aliphatic heterocycles. The first kappa shape index (κ1) is 17.7. The van der Waals surface area contributed by atoms with Gasteiger partial charge in [-0.25, -0.2) is 0 Å². The molecule has 0 aliphatic carbocycles. The molecule has 0 bridgehead atoms. The molecule has 0 rings (SSSR count). The van der Waals surface area contributed by atoms with E-state index < -0.39 is 0 Å². The lowest BCUT2D eigenvalue weighted by atomic mass is 10.3. The molecule has 0 amide bonds. The summed E-state index contributed by atoms with van der Waals surface area (Å²) in [6.45, 7) is 13.3. The minimum Gasteiger partial charge on any atom is -0.390 e. The van der Waals surface area contributed by atoms with Gasteiger partial charge in [0.25, 0.3) is 0 Å². The molecule has 0 radical (unpaired) electrons. The maximum Gasteiger partial charge on any atom is 0.119 e. The molecule has 0 saturated carbocycles. The molecule has 0 aromatic carbocycles. The lowest BCUT2D eigenvalue weighted by Crippen LogP contribution is -2.26. The van der Waals surface area contributed by atoms with Crippen molar-refractivity contribution < 1.29 is 0 Å². The number of hydrazone groups is 1. The summed E-state index contributed by atoms with van der Waals surface area (Å²) in [4.78, 5) is 1.91. The fourth-order valence-electron chi connectivity index (χ4n) is 1.18. The zero-order chi connectivity index (χ0) is 15.7. The van der Waals surface area contributed by atoms with Crippen LogP contribution in [-0.2, 0) is 0 Å². The van der Waals surface area contributed by atoms with Gasteiger partial charge in [0, 0.05) is 25.5 Å². The summed E-state index contributed by atoms with van der Waals surface area (Å²) in [5, 5.41) is 14.7. The van der Waals surface area contributed by atoms with E-state index >= 15 is 0 Å². The Balaban J connectivity index is 4.66. The van der Waals surface area contributed by atoms with E-state index in [9.17, 15) is 0 Å². The SMILES string of the molecule is C=CC(=N)C=CC(C)=NNC(=C)N(C)/C(C)=C(/C)NC. The number of nitrogens with one attached hydrogen (secondary N) is 3. The summed E-state index contributed by atoms with van der Waals surface area (Å²) < 4.78 is 0. The molecule has 20 heavy (non-hydrogen) atoms. The van der Waals surface area contributed by atoms with E-state index in [1.54, 1.807) is 12.2 Å².